The van der Waals surface area contributed by atoms with E-state index in [1.54, 1.807) is 41.6 Å². The molecule has 2 fully saturated rings. The van der Waals surface area contributed by atoms with Gasteiger partial charge in [0.2, 0.25) is 0 Å². The Morgan fingerprint density at radius 3 is 1.74 bits per heavy atom. The second-order valence-electron chi connectivity index (χ2n) is 13.8. The lowest BCUT2D eigenvalue weighted by molar-refractivity contribution is -0.137. The van der Waals surface area contributed by atoms with Gasteiger partial charge in [-0.3, -0.25) is 19.5 Å². The Morgan fingerprint density at radius 1 is 0.685 bits per heavy atom. The van der Waals surface area contributed by atoms with E-state index >= 15 is 0 Å². The van der Waals surface area contributed by atoms with Crippen molar-refractivity contribution >= 4 is 17.9 Å². The van der Waals surface area contributed by atoms with E-state index in [4.69, 9.17) is 0 Å². The van der Waals surface area contributed by atoms with Crippen molar-refractivity contribution in [1.29, 1.82) is 0 Å². The zero-order chi connectivity index (χ0) is 37.2. The van der Waals surface area contributed by atoms with Gasteiger partial charge in [0.1, 0.15) is 23.4 Å². The van der Waals surface area contributed by atoms with Crippen LogP contribution in [0.4, 0.5) is 4.79 Å². The molecule has 3 N–H and O–H groups in total. The van der Waals surface area contributed by atoms with Crippen LogP contribution < -0.4 is 0 Å². The van der Waals surface area contributed by atoms with E-state index in [0.717, 1.165) is 70.0 Å². The van der Waals surface area contributed by atoms with Gasteiger partial charge in [0.05, 0.1) is 35.9 Å². The van der Waals surface area contributed by atoms with Crippen molar-refractivity contribution in [3.63, 3.8) is 0 Å². The van der Waals surface area contributed by atoms with Gasteiger partial charge >= 0.3 is 6.09 Å². The summed E-state index contributed by atoms with van der Waals surface area (Å²) in [5.74, 6) is 1.13. The van der Waals surface area contributed by atoms with Crippen LogP contribution in [0.2, 0.25) is 0 Å². The second kappa shape index (κ2) is 14.8. The predicted octanol–water partition coefficient (Wildman–Crippen LogP) is 7.52. The molecule has 2 aliphatic heterocycles. The average Bonchev–Trinajstić information content (AvgIpc) is 4.06. The summed E-state index contributed by atoms with van der Waals surface area (Å²) >= 11 is 0. The van der Waals surface area contributed by atoms with E-state index in [1.165, 1.54) is 7.05 Å². The molecule has 0 unspecified atom stereocenters. The van der Waals surface area contributed by atoms with Crippen molar-refractivity contribution in [2.24, 2.45) is 0 Å². The van der Waals surface area contributed by atoms with Crippen molar-refractivity contribution in [3.8, 4) is 33.6 Å². The number of amides is 3. The molecule has 272 valence electrons. The van der Waals surface area contributed by atoms with E-state index < -0.39 is 12.1 Å². The summed E-state index contributed by atoms with van der Waals surface area (Å²) in [7, 11) is 1.43. The zero-order valence-electron chi connectivity index (χ0n) is 29.8. The maximum atomic E-state index is 13.9. The maximum Gasteiger partial charge on any atom is 0.407 e. The topological polar surface area (TPSA) is 151 Å². The first-order chi connectivity index (χ1) is 26.4. The zero-order valence-corrected chi connectivity index (χ0v) is 29.8. The Bertz CT molecular complexity index is 2250. The van der Waals surface area contributed by atoms with Crippen LogP contribution in [0.5, 0.6) is 0 Å². The van der Waals surface area contributed by atoms with Crippen molar-refractivity contribution < 1.29 is 19.5 Å². The van der Waals surface area contributed by atoms with Gasteiger partial charge in [-0.1, -0.05) is 84.9 Å². The van der Waals surface area contributed by atoms with Gasteiger partial charge in [0.25, 0.3) is 11.8 Å². The van der Waals surface area contributed by atoms with Gasteiger partial charge in [0, 0.05) is 26.3 Å². The molecule has 0 bridgehead atoms. The molecule has 8 rings (SSSR count). The van der Waals surface area contributed by atoms with Gasteiger partial charge in [-0.2, -0.15) is 0 Å². The van der Waals surface area contributed by atoms with Gasteiger partial charge in [-0.25, -0.2) is 14.8 Å². The van der Waals surface area contributed by atoms with E-state index in [1.807, 2.05) is 47.5 Å². The summed E-state index contributed by atoms with van der Waals surface area (Å²) in [5.41, 5.74) is 6.90. The number of aromatic amines is 2. The molecule has 12 heteroatoms. The highest BCUT2D eigenvalue weighted by molar-refractivity contribution is 5.92. The number of likely N-dealkylation sites (tertiary alicyclic amines) is 2. The number of H-pyrrole nitrogens is 2. The lowest BCUT2D eigenvalue weighted by atomic mass is 10.0. The molecule has 3 atom stereocenters. The van der Waals surface area contributed by atoms with E-state index in [2.05, 4.69) is 61.3 Å². The van der Waals surface area contributed by atoms with Crippen LogP contribution >= 0.6 is 0 Å². The quantitative estimate of drug-likeness (QED) is 0.140. The number of nitrogens with one attached hydrogen (secondary N) is 2. The molecule has 12 nitrogen and oxygen atoms in total. The molecule has 2 saturated heterocycles. The van der Waals surface area contributed by atoms with E-state index in [-0.39, 0.29) is 23.9 Å². The largest absolute Gasteiger partial charge is 0.465 e. The minimum Gasteiger partial charge on any atom is -0.465 e. The van der Waals surface area contributed by atoms with Crippen LogP contribution in [-0.4, -0.2) is 82.8 Å². The normalized spacial score (nSPS) is 17.4. The molecule has 54 heavy (non-hydrogen) atoms. The monoisotopic (exact) mass is 720 g/mol. The number of hydrogen-bond donors (Lipinski definition) is 3. The second-order valence-corrected chi connectivity index (χ2v) is 13.8. The summed E-state index contributed by atoms with van der Waals surface area (Å²) < 4.78 is 0. The summed E-state index contributed by atoms with van der Waals surface area (Å²) in [6.45, 7) is 1.20. The van der Waals surface area contributed by atoms with Crippen LogP contribution in [0.25, 0.3) is 33.6 Å². The maximum absolute atomic E-state index is 13.9. The molecule has 3 amide bonds. The van der Waals surface area contributed by atoms with Gasteiger partial charge < -0.3 is 24.9 Å². The Kier molecular flexibility index (Phi) is 9.47. The van der Waals surface area contributed by atoms with Gasteiger partial charge in [-0.15, -0.1) is 0 Å². The number of benzene rings is 3. The molecule has 5 heterocycles. The van der Waals surface area contributed by atoms with Gasteiger partial charge in [0.15, 0.2) is 0 Å². The molecular weight excluding hydrogens is 681 g/mol. The Labute approximate surface area is 312 Å². The number of nitrogens with zero attached hydrogens (tertiary/aromatic N) is 6. The van der Waals surface area contributed by atoms with E-state index in [9.17, 15) is 19.5 Å². The average molecular weight is 721 g/mol. The fourth-order valence-corrected chi connectivity index (χ4v) is 7.67. The lowest BCUT2D eigenvalue weighted by Crippen LogP contribution is -2.43. The minimum atomic E-state index is -1.16. The van der Waals surface area contributed by atoms with Crippen molar-refractivity contribution in [3.05, 3.63) is 139 Å². The smallest absolute Gasteiger partial charge is 0.407 e. The molecule has 2 aliphatic rings. The van der Waals surface area contributed by atoms with Crippen LogP contribution in [0.3, 0.4) is 0 Å². The Balaban J connectivity index is 0.939. The number of rotatable bonds is 9. The first kappa shape index (κ1) is 34.5. The third-order valence-electron chi connectivity index (χ3n) is 10.5. The van der Waals surface area contributed by atoms with Crippen molar-refractivity contribution in [2.75, 3.05) is 20.1 Å². The number of aromatic nitrogens is 5. The van der Waals surface area contributed by atoms with Gasteiger partial charge in [-0.05, 0) is 65.6 Å². The van der Waals surface area contributed by atoms with Crippen LogP contribution in [0.15, 0.2) is 116 Å². The highest BCUT2D eigenvalue weighted by atomic mass is 16.4. The number of carbonyl (C=O) groups excluding carboxylic acids is 2. The minimum absolute atomic E-state index is 0.0771. The highest BCUT2D eigenvalue weighted by Gasteiger charge is 2.39. The molecule has 0 spiro atoms. The molecular formula is C42H40N8O4. The molecule has 0 saturated carbocycles. The number of carboxylic acid groups (broad SMARTS) is 1. The fraction of sp³-hybridized carbons (Fsp3) is 0.238. The predicted molar refractivity (Wildman–Crippen MR) is 203 cm³/mol. The Morgan fingerprint density at radius 2 is 1.20 bits per heavy atom. The first-order valence-electron chi connectivity index (χ1n) is 18.2. The molecule has 6 aromatic rings. The number of pyridine rings is 1. The van der Waals surface area contributed by atoms with Crippen LogP contribution in [0.1, 0.15) is 71.5 Å². The summed E-state index contributed by atoms with van der Waals surface area (Å²) in [6.07, 6.45) is 7.39. The summed E-state index contributed by atoms with van der Waals surface area (Å²) in [4.78, 5) is 64.2. The summed E-state index contributed by atoms with van der Waals surface area (Å²) in [5, 5.41) is 9.78. The number of likely N-dealkylation sites (N-methyl/N-ethyl adjacent to an activating group) is 1. The fourth-order valence-electron chi connectivity index (χ4n) is 7.67. The number of carbonyl (C=O) groups is 3. The lowest BCUT2D eigenvalue weighted by Gasteiger charge is -2.32. The van der Waals surface area contributed by atoms with Crippen LogP contribution in [0, 0.1) is 0 Å². The standard InChI is InChI=1S/C42H40N8O4/c1-48(42(53)54)37(31-9-3-2-4-10-31)41(52)50-24-8-13-36(50)39-45-26-34(47-39)30-20-16-28(17-21-30)27-14-18-29(19-15-27)33-25-44-38(46-33)35-12-7-23-49(35)40(51)32-11-5-6-22-43-32/h2-6,9-11,14-22,25-26,35-37H,7-8,12-13,23-24H2,1H3,(H,44,46)(H,45,47)(H,53,54)/t35-,36-,37+/m0/s1. The third-order valence-corrected chi connectivity index (χ3v) is 10.5. The first-order valence-corrected chi connectivity index (χ1v) is 18.2. The Hall–Kier alpha value is -6.56. The highest BCUT2D eigenvalue weighted by Crippen LogP contribution is 2.36. The molecule has 3 aromatic carbocycles. The molecule has 0 aliphatic carbocycles. The SMILES string of the molecule is CN(C(=O)O)[C@@H](C(=O)N1CCC[C@H]1c1ncc(-c2ccc(-c3ccc(-c4cnc([C@@H]5CCCN5C(=O)c5ccccn5)[nH]4)cc3)cc2)[nH]1)c1ccccc1. The van der Waals surface area contributed by atoms with Crippen LogP contribution in [-0.2, 0) is 4.79 Å². The third kappa shape index (κ3) is 6.73. The van der Waals surface area contributed by atoms with Crippen molar-refractivity contribution in [2.45, 2.75) is 43.8 Å². The number of imidazole rings is 2. The molecule has 0 radical (unpaired) electrons. The molecule has 3 aromatic heterocycles. The van der Waals surface area contributed by atoms with E-state index in [0.29, 0.717) is 30.2 Å². The van der Waals surface area contributed by atoms with Crippen molar-refractivity contribution in [1.82, 2.24) is 39.6 Å². The summed E-state index contributed by atoms with van der Waals surface area (Å²) in [6, 6.07) is 29.6. The number of hydrogen-bond acceptors (Lipinski definition) is 6.